The van der Waals surface area contributed by atoms with Gasteiger partial charge in [-0.05, 0) is 30.3 Å². The quantitative estimate of drug-likeness (QED) is 0.794. The zero-order valence-corrected chi connectivity index (χ0v) is 14.9. The highest BCUT2D eigenvalue weighted by Gasteiger charge is 2.22. The molecule has 0 aromatic heterocycles. The van der Waals surface area contributed by atoms with Crippen LogP contribution in [0.1, 0.15) is 22.7 Å². The Hall–Kier alpha value is -3.17. The summed E-state index contributed by atoms with van der Waals surface area (Å²) in [6.07, 6.45) is 0. The highest BCUT2D eigenvalue weighted by atomic mass is 16.2. The van der Waals surface area contributed by atoms with Crippen LogP contribution in [0.2, 0.25) is 0 Å². The molecule has 2 N–H and O–H groups in total. The molecule has 2 aromatic carbocycles. The standard InChI is InChI=1S/C20H22N4O2/c1-22-20(26)19(17-9-4-3-5-10-17)23-18(25)14-24(2)13-16-8-6-7-15(11-16)12-21/h3-11,19H,13-14H2,1-2H3,(H,22,26)(H,23,25). The molecule has 26 heavy (non-hydrogen) atoms. The number of carbonyl (C=O) groups is 2. The normalized spacial score (nSPS) is 11.5. The lowest BCUT2D eigenvalue weighted by molar-refractivity contribution is -0.129. The molecule has 0 aliphatic rings. The summed E-state index contributed by atoms with van der Waals surface area (Å²) in [4.78, 5) is 26.3. The number of nitrogens with zero attached hydrogens (tertiary/aromatic N) is 2. The third-order valence-corrected chi connectivity index (χ3v) is 3.87. The molecule has 1 unspecified atom stereocenters. The minimum Gasteiger partial charge on any atom is -0.357 e. The molecular formula is C20H22N4O2. The predicted molar refractivity (Wildman–Crippen MR) is 98.9 cm³/mol. The Morgan fingerprint density at radius 1 is 1.15 bits per heavy atom. The number of nitrogens with one attached hydrogen (secondary N) is 2. The number of benzene rings is 2. The monoisotopic (exact) mass is 350 g/mol. The van der Waals surface area contributed by atoms with Crippen LogP contribution in [0.15, 0.2) is 54.6 Å². The maximum Gasteiger partial charge on any atom is 0.246 e. The van der Waals surface area contributed by atoms with Crippen molar-refractivity contribution >= 4 is 11.8 Å². The Morgan fingerprint density at radius 3 is 2.54 bits per heavy atom. The van der Waals surface area contributed by atoms with Crippen molar-refractivity contribution in [3.63, 3.8) is 0 Å². The van der Waals surface area contributed by atoms with Gasteiger partial charge >= 0.3 is 0 Å². The number of rotatable bonds is 7. The van der Waals surface area contributed by atoms with Crippen molar-refractivity contribution in [2.45, 2.75) is 12.6 Å². The fraction of sp³-hybridized carbons (Fsp3) is 0.250. The molecule has 134 valence electrons. The molecule has 6 heteroatoms. The van der Waals surface area contributed by atoms with E-state index in [2.05, 4.69) is 16.7 Å². The van der Waals surface area contributed by atoms with Crippen molar-refractivity contribution in [2.24, 2.45) is 0 Å². The summed E-state index contributed by atoms with van der Waals surface area (Å²) in [6, 6.07) is 17.7. The van der Waals surface area contributed by atoms with Crippen LogP contribution in [0.3, 0.4) is 0 Å². The van der Waals surface area contributed by atoms with Gasteiger partial charge in [-0.3, -0.25) is 14.5 Å². The number of hydrogen-bond donors (Lipinski definition) is 2. The van der Waals surface area contributed by atoms with Crippen LogP contribution in [0.4, 0.5) is 0 Å². The van der Waals surface area contributed by atoms with Crippen LogP contribution in [-0.2, 0) is 16.1 Å². The van der Waals surface area contributed by atoms with Crippen LogP contribution in [0.25, 0.3) is 0 Å². The van der Waals surface area contributed by atoms with E-state index in [1.54, 1.807) is 31.3 Å². The molecule has 6 nitrogen and oxygen atoms in total. The van der Waals surface area contributed by atoms with E-state index >= 15 is 0 Å². The van der Waals surface area contributed by atoms with Gasteiger partial charge in [-0.2, -0.15) is 5.26 Å². The predicted octanol–water partition coefficient (Wildman–Crippen LogP) is 1.59. The maximum atomic E-state index is 12.4. The molecule has 1 atom stereocenters. The SMILES string of the molecule is CNC(=O)C(NC(=O)CN(C)Cc1cccc(C#N)c1)c1ccccc1. The first-order valence-corrected chi connectivity index (χ1v) is 8.27. The van der Waals surface area contributed by atoms with Crippen LogP contribution >= 0.6 is 0 Å². The third kappa shape index (κ3) is 5.43. The number of nitriles is 1. The zero-order valence-electron chi connectivity index (χ0n) is 14.9. The lowest BCUT2D eigenvalue weighted by atomic mass is 10.1. The first-order valence-electron chi connectivity index (χ1n) is 8.27. The molecule has 0 saturated heterocycles. The Kier molecular flexibility index (Phi) is 6.89. The first-order chi connectivity index (χ1) is 12.5. The first kappa shape index (κ1) is 19.2. The van der Waals surface area contributed by atoms with Gasteiger partial charge in [-0.25, -0.2) is 0 Å². The van der Waals surface area contributed by atoms with Crippen LogP contribution in [0, 0.1) is 11.3 Å². The fourth-order valence-electron chi connectivity index (χ4n) is 2.65. The Balaban J connectivity index is 1.98. The summed E-state index contributed by atoms with van der Waals surface area (Å²) in [6.45, 7) is 0.663. The van der Waals surface area contributed by atoms with E-state index in [1.807, 2.05) is 42.3 Å². The second kappa shape index (κ2) is 9.35. The average Bonchev–Trinajstić information content (AvgIpc) is 2.66. The van der Waals surface area contributed by atoms with Gasteiger partial charge in [0.2, 0.25) is 11.8 Å². The van der Waals surface area contributed by atoms with E-state index in [1.165, 1.54) is 0 Å². The summed E-state index contributed by atoms with van der Waals surface area (Å²) in [5, 5.41) is 14.3. The Morgan fingerprint density at radius 2 is 1.88 bits per heavy atom. The number of carbonyl (C=O) groups excluding carboxylic acids is 2. The molecule has 0 saturated carbocycles. The Bertz CT molecular complexity index is 799. The highest BCUT2D eigenvalue weighted by molar-refractivity contribution is 5.89. The van der Waals surface area contributed by atoms with Crippen LogP contribution in [-0.4, -0.2) is 37.4 Å². The number of hydrogen-bond acceptors (Lipinski definition) is 4. The molecule has 0 heterocycles. The molecular weight excluding hydrogens is 328 g/mol. The fourth-order valence-corrected chi connectivity index (χ4v) is 2.65. The molecule has 2 rings (SSSR count). The molecule has 0 radical (unpaired) electrons. The van der Waals surface area contributed by atoms with Crippen molar-refractivity contribution in [2.75, 3.05) is 20.6 Å². The van der Waals surface area contributed by atoms with Gasteiger partial charge in [0, 0.05) is 13.6 Å². The molecule has 0 aliphatic carbocycles. The van der Waals surface area contributed by atoms with Crippen LogP contribution in [0.5, 0.6) is 0 Å². The third-order valence-electron chi connectivity index (χ3n) is 3.87. The molecule has 0 spiro atoms. The van der Waals surface area contributed by atoms with E-state index in [0.717, 1.165) is 11.1 Å². The van der Waals surface area contributed by atoms with Gasteiger partial charge in [-0.15, -0.1) is 0 Å². The smallest absolute Gasteiger partial charge is 0.246 e. The summed E-state index contributed by atoms with van der Waals surface area (Å²) < 4.78 is 0. The average molecular weight is 350 g/mol. The van der Waals surface area contributed by atoms with Crippen molar-refractivity contribution in [1.29, 1.82) is 5.26 Å². The largest absolute Gasteiger partial charge is 0.357 e. The summed E-state index contributed by atoms with van der Waals surface area (Å²) in [5.41, 5.74) is 2.26. The topological polar surface area (TPSA) is 85.2 Å². The molecule has 2 amide bonds. The van der Waals surface area contributed by atoms with E-state index in [9.17, 15) is 9.59 Å². The van der Waals surface area contributed by atoms with Gasteiger partial charge in [0.1, 0.15) is 6.04 Å². The van der Waals surface area contributed by atoms with E-state index in [4.69, 9.17) is 5.26 Å². The van der Waals surface area contributed by atoms with Crippen molar-refractivity contribution in [3.8, 4) is 6.07 Å². The molecule has 2 aromatic rings. The van der Waals surface area contributed by atoms with E-state index in [-0.39, 0.29) is 18.4 Å². The minimum absolute atomic E-state index is 0.136. The number of amides is 2. The molecule has 0 bridgehead atoms. The summed E-state index contributed by atoms with van der Waals surface area (Å²) in [7, 11) is 3.36. The second-order valence-electron chi connectivity index (χ2n) is 6.01. The molecule has 0 aliphatic heterocycles. The minimum atomic E-state index is -0.732. The van der Waals surface area contributed by atoms with Crippen molar-refractivity contribution in [1.82, 2.24) is 15.5 Å². The summed E-state index contributed by atoms with van der Waals surface area (Å²) >= 11 is 0. The van der Waals surface area contributed by atoms with Gasteiger partial charge < -0.3 is 10.6 Å². The van der Waals surface area contributed by atoms with Gasteiger partial charge in [0.15, 0.2) is 0 Å². The highest BCUT2D eigenvalue weighted by Crippen LogP contribution is 2.13. The van der Waals surface area contributed by atoms with Gasteiger partial charge in [0.05, 0.1) is 18.2 Å². The van der Waals surface area contributed by atoms with Gasteiger partial charge in [-0.1, -0.05) is 42.5 Å². The van der Waals surface area contributed by atoms with Crippen molar-refractivity contribution < 1.29 is 9.59 Å². The van der Waals surface area contributed by atoms with E-state index in [0.29, 0.717) is 12.1 Å². The van der Waals surface area contributed by atoms with Crippen LogP contribution < -0.4 is 10.6 Å². The maximum absolute atomic E-state index is 12.4. The zero-order chi connectivity index (χ0) is 18.9. The number of likely N-dealkylation sites (N-methyl/N-ethyl adjacent to an activating group) is 2. The lowest BCUT2D eigenvalue weighted by Crippen LogP contribution is -2.42. The Labute approximate surface area is 153 Å². The second-order valence-corrected chi connectivity index (χ2v) is 6.01. The van der Waals surface area contributed by atoms with E-state index < -0.39 is 6.04 Å². The van der Waals surface area contributed by atoms with Gasteiger partial charge in [0.25, 0.3) is 0 Å². The lowest BCUT2D eigenvalue weighted by Gasteiger charge is -2.21. The van der Waals surface area contributed by atoms with Crippen molar-refractivity contribution in [3.05, 3.63) is 71.3 Å². The summed E-state index contributed by atoms with van der Waals surface area (Å²) in [5.74, 6) is -0.518. The molecule has 0 fully saturated rings.